The molecule has 0 heterocycles. The summed E-state index contributed by atoms with van der Waals surface area (Å²) >= 11 is 1.77. The Kier molecular flexibility index (Phi) is 4.64. The minimum absolute atomic E-state index is 0.238. The predicted molar refractivity (Wildman–Crippen MR) is 94.7 cm³/mol. The Morgan fingerprint density at radius 2 is 1.73 bits per heavy atom. The van der Waals surface area contributed by atoms with E-state index in [1.165, 1.54) is 5.39 Å². The summed E-state index contributed by atoms with van der Waals surface area (Å²) in [6, 6.07) is 18.2. The van der Waals surface area contributed by atoms with Crippen LogP contribution < -0.4 is 0 Å². The van der Waals surface area contributed by atoms with Gasteiger partial charge in [-0.25, -0.2) is 4.79 Å². The van der Waals surface area contributed by atoms with E-state index < -0.39 is 0 Å². The molecule has 0 aliphatic carbocycles. The number of fused-ring (bicyclic) bond motifs is 2. The summed E-state index contributed by atoms with van der Waals surface area (Å²) < 4.78 is 5.39. The molecule has 0 aromatic heterocycles. The molecule has 3 rings (SSSR count). The minimum atomic E-state index is -0.238. The maximum Gasteiger partial charge on any atom is 0.338 e. The summed E-state index contributed by atoms with van der Waals surface area (Å²) in [4.78, 5) is 12.3. The standard InChI is InChI=1S/C19H18O2S/c1-2-22-11-10-21-19(20)17-9-5-8-16-12-14-6-3-4-7-15(14)13-18(16)17/h3-9,12-13H,2,10-11H2,1H3. The third-order valence-electron chi connectivity index (χ3n) is 3.63. The van der Waals surface area contributed by atoms with Crippen molar-refractivity contribution in [3.8, 4) is 0 Å². The summed E-state index contributed by atoms with van der Waals surface area (Å²) in [5.74, 6) is 1.64. The van der Waals surface area contributed by atoms with Gasteiger partial charge < -0.3 is 4.74 Å². The van der Waals surface area contributed by atoms with E-state index in [1.807, 2.05) is 30.3 Å². The molecule has 0 saturated heterocycles. The fraction of sp³-hybridized carbons (Fsp3) is 0.211. The molecule has 0 N–H and O–H groups in total. The van der Waals surface area contributed by atoms with Crippen LogP contribution in [0.5, 0.6) is 0 Å². The fourth-order valence-electron chi connectivity index (χ4n) is 2.56. The number of esters is 1. The largest absolute Gasteiger partial charge is 0.461 e. The van der Waals surface area contributed by atoms with Crippen LogP contribution in [-0.4, -0.2) is 24.1 Å². The van der Waals surface area contributed by atoms with E-state index in [4.69, 9.17) is 4.74 Å². The first-order valence-electron chi connectivity index (χ1n) is 7.46. The molecule has 0 aliphatic rings. The van der Waals surface area contributed by atoms with E-state index in [1.54, 1.807) is 11.8 Å². The zero-order valence-electron chi connectivity index (χ0n) is 12.5. The first kappa shape index (κ1) is 14.9. The molecule has 0 bridgehead atoms. The van der Waals surface area contributed by atoms with Crippen molar-refractivity contribution in [2.24, 2.45) is 0 Å². The average molecular weight is 310 g/mol. The van der Waals surface area contributed by atoms with Crippen LogP contribution in [0.25, 0.3) is 21.5 Å². The normalized spacial score (nSPS) is 11.0. The molecule has 0 unspecified atom stereocenters. The van der Waals surface area contributed by atoms with Gasteiger partial charge in [0, 0.05) is 5.75 Å². The van der Waals surface area contributed by atoms with Crippen LogP contribution in [0.4, 0.5) is 0 Å². The van der Waals surface area contributed by atoms with Crippen LogP contribution in [-0.2, 0) is 4.74 Å². The average Bonchev–Trinajstić information content (AvgIpc) is 2.56. The molecule has 3 aromatic rings. The highest BCUT2D eigenvalue weighted by Crippen LogP contribution is 2.26. The zero-order valence-corrected chi connectivity index (χ0v) is 13.4. The molecule has 0 atom stereocenters. The number of carbonyl (C=O) groups excluding carboxylic acids is 1. The molecule has 112 valence electrons. The third kappa shape index (κ3) is 3.09. The third-order valence-corrected chi connectivity index (χ3v) is 4.50. The molecule has 3 aromatic carbocycles. The highest BCUT2D eigenvalue weighted by molar-refractivity contribution is 7.99. The number of hydrogen-bond acceptors (Lipinski definition) is 3. The Morgan fingerprint density at radius 3 is 2.50 bits per heavy atom. The molecule has 0 aliphatic heterocycles. The van der Waals surface area contributed by atoms with Crippen LogP contribution in [0, 0.1) is 0 Å². The lowest BCUT2D eigenvalue weighted by Gasteiger charge is -2.08. The Hall–Kier alpha value is -2.00. The molecule has 3 heteroatoms. The molecule has 0 spiro atoms. The van der Waals surface area contributed by atoms with Crippen LogP contribution in [0.1, 0.15) is 17.3 Å². The lowest BCUT2D eigenvalue weighted by molar-refractivity contribution is 0.0532. The number of ether oxygens (including phenoxy) is 1. The van der Waals surface area contributed by atoms with Crippen molar-refractivity contribution in [3.05, 3.63) is 60.2 Å². The molecule has 0 saturated carbocycles. The van der Waals surface area contributed by atoms with Gasteiger partial charge in [0.05, 0.1) is 5.56 Å². The lowest BCUT2D eigenvalue weighted by atomic mass is 10.00. The Balaban J connectivity index is 1.95. The maximum absolute atomic E-state index is 12.3. The van der Waals surface area contributed by atoms with E-state index in [0.717, 1.165) is 27.7 Å². The van der Waals surface area contributed by atoms with Gasteiger partial charge in [-0.3, -0.25) is 0 Å². The van der Waals surface area contributed by atoms with Crippen LogP contribution in [0.3, 0.4) is 0 Å². The molecule has 2 nitrogen and oxygen atoms in total. The quantitative estimate of drug-likeness (QED) is 0.381. The second kappa shape index (κ2) is 6.84. The van der Waals surface area contributed by atoms with Gasteiger partial charge in [-0.1, -0.05) is 43.3 Å². The summed E-state index contributed by atoms with van der Waals surface area (Å²) in [6.45, 7) is 2.56. The van der Waals surface area contributed by atoms with Crippen molar-refractivity contribution >= 4 is 39.3 Å². The van der Waals surface area contributed by atoms with Crippen molar-refractivity contribution in [1.82, 2.24) is 0 Å². The molecule has 22 heavy (non-hydrogen) atoms. The highest BCUT2D eigenvalue weighted by atomic mass is 32.2. The topological polar surface area (TPSA) is 26.3 Å². The van der Waals surface area contributed by atoms with Crippen molar-refractivity contribution in [3.63, 3.8) is 0 Å². The molecule has 0 amide bonds. The Morgan fingerprint density at radius 1 is 1.00 bits per heavy atom. The number of rotatable bonds is 5. The highest BCUT2D eigenvalue weighted by Gasteiger charge is 2.11. The Bertz CT molecular complexity index is 811. The van der Waals surface area contributed by atoms with Gasteiger partial charge in [-0.2, -0.15) is 11.8 Å². The number of benzene rings is 3. The molecule has 0 radical (unpaired) electrons. The maximum atomic E-state index is 12.3. The lowest BCUT2D eigenvalue weighted by Crippen LogP contribution is -2.08. The summed E-state index contributed by atoms with van der Waals surface area (Å²) in [5.41, 5.74) is 0.643. The smallest absolute Gasteiger partial charge is 0.338 e. The van der Waals surface area contributed by atoms with Gasteiger partial charge in [0.1, 0.15) is 6.61 Å². The van der Waals surface area contributed by atoms with Crippen molar-refractivity contribution in [2.75, 3.05) is 18.1 Å². The van der Waals surface area contributed by atoms with E-state index in [9.17, 15) is 4.79 Å². The van der Waals surface area contributed by atoms with Gasteiger partial charge >= 0.3 is 5.97 Å². The Labute approximate surface area is 134 Å². The van der Waals surface area contributed by atoms with Crippen molar-refractivity contribution in [1.29, 1.82) is 0 Å². The second-order valence-corrected chi connectivity index (χ2v) is 6.45. The van der Waals surface area contributed by atoms with Gasteiger partial charge in [0.25, 0.3) is 0 Å². The monoisotopic (exact) mass is 310 g/mol. The van der Waals surface area contributed by atoms with Gasteiger partial charge in [-0.05, 0) is 45.5 Å². The van der Waals surface area contributed by atoms with Gasteiger partial charge in [0.2, 0.25) is 0 Å². The summed E-state index contributed by atoms with van der Waals surface area (Å²) in [6.07, 6.45) is 0. The van der Waals surface area contributed by atoms with Crippen LogP contribution >= 0.6 is 11.8 Å². The van der Waals surface area contributed by atoms with Gasteiger partial charge in [0.15, 0.2) is 0 Å². The van der Waals surface area contributed by atoms with E-state index in [0.29, 0.717) is 12.2 Å². The van der Waals surface area contributed by atoms with Gasteiger partial charge in [-0.15, -0.1) is 0 Å². The molecular formula is C19H18O2S. The second-order valence-electron chi connectivity index (χ2n) is 5.06. The van der Waals surface area contributed by atoms with Crippen molar-refractivity contribution < 1.29 is 9.53 Å². The predicted octanol–water partition coefficient (Wildman–Crippen LogP) is 4.90. The first-order chi connectivity index (χ1) is 10.8. The fourth-order valence-corrected chi connectivity index (χ4v) is 3.05. The number of carbonyl (C=O) groups is 1. The van der Waals surface area contributed by atoms with E-state index >= 15 is 0 Å². The molecular weight excluding hydrogens is 292 g/mol. The van der Waals surface area contributed by atoms with E-state index in [-0.39, 0.29) is 5.97 Å². The summed E-state index contributed by atoms with van der Waals surface area (Å²) in [7, 11) is 0. The first-order valence-corrected chi connectivity index (χ1v) is 8.61. The van der Waals surface area contributed by atoms with Crippen molar-refractivity contribution in [2.45, 2.75) is 6.92 Å². The molecule has 0 fully saturated rings. The number of hydrogen-bond donors (Lipinski definition) is 0. The minimum Gasteiger partial charge on any atom is -0.461 e. The number of thioether (sulfide) groups is 1. The summed E-state index contributed by atoms with van der Waals surface area (Å²) in [5, 5.41) is 4.34. The van der Waals surface area contributed by atoms with Crippen LogP contribution in [0.15, 0.2) is 54.6 Å². The van der Waals surface area contributed by atoms with E-state index in [2.05, 4.69) is 31.2 Å². The SMILES string of the molecule is CCSCCOC(=O)c1cccc2cc3ccccc3cc12. The zero-order chi connectivity index (χ0) is 15.4. The van der Waals surface area contributed by atoms with Crippen LogP contribution in [0.2, 0.25) is 0 Å².